The second kappa shape index (κ2) is 7.66. The standard InChI is InChI=1S/C13H24O10/c1-4-6(15)8(17)10(19)12(21-4)23-11-9(18)7(16)5(3-14)22-13(11)20-2/h4-19H,3H2,1-2H3/t4-,5+,6-,7-,8+,9-,10+,11+,12-,13-/m0/s1. The van der Waals surface area contributed by atoms with Gasteiger partial charge in [-0.3, -0.25) is 0 Å². The number of aliphatic hydroxyl groups excluding tert-OH is 6. The van der Waals surface area contributed by atoms with E-state index in [4.69, 9.17) is 24.1 Å². The molecule has 2 saturated heterocycles. The van der Waals surface area contributed by atoms with Gasteiger partial charge in [0.05, 0.1) is 12.7 Å². The summed E-state index contributed by atoms with van der Waals surface area (Å²) in [6.07, 6.45) is -12.9. The summed E-state index contributed by atoms with van der Waals surface area (Å²) >= 11 is 0. The maximum atomic E-state index is 10.1. The van der Waals surface area contributed by atoms with Crippen LogP contribution in [-0.4, -0.2) is 106 Å². The molecule has 10 heteroatoms. The molecule has 0 spiro atoms. The Kier molecular flexibility index (Phi) is 6.30. The third-order valence-electron chi connectivity index (χ3n) is 4.16. The van der Waals surface area contributed by atoms with Crippen LogP contribution in [0.5, 0.6) is 0 Å². The van der Waals surface area contributed by atoms with Crippen LogP contribution in [0.4, 0.5) is 0 Å². The van der Waals surface area contributed by atoms with Crippen LogP contribution in [0.3, 0.4) is 0 Å². The van der Waals surface area contributed by atoms with E-state index >= 15 is 0 Å². The lowest BCUT2D eigenvalue weighted by Crippen LogP contribution is -2.64. The van der Waals surface area contributed by atoms with Crippen molar-refractivity contribution in [1.29, 1.82) is 0 Å². The zero-order valence-electron chi connectivity index (χ0n) is 12.8. The van der Waals surface area contributed by atoms with Gasteiger partial charge in [-0.15, -0.1) is 0 Å². The maximum absolute atomic E-state index is 10.1. The molecule has 2 fully saturated rings. The second-order valence-electron chi connectivity index (χ2n) is 5.72. The Hall–Kier alpha value is -0.400. The van der Waals surface area contributed by atoms with Crippen LogP contribution in [0.15, 0.2) is 0 Å². The van der Waals surface area contributed by atoms with Gasteiger partial charge >= 0.3 is 0 Å². The first kappa shape index (κ1) is 18.9. The van der Waals surface area contributed by atoms with E-state index in [2.05, 4.69) is 0 Å². The zero-order valence-corrected chi connectivity index (χ0v) is 12.8. The topological polar surface area (TPSA) is 158 Å². The third kappa shape index (κ3) is 3.66. The largest absolute Gasteiger partial charge is 0.394 e. The normalized spacial score (nSPS) is 51.7. The lowest BCUT2D eigenvalue weighted by molar-refractivity contribution is -0.361. The van der Waals surface area contributed by atoms with E-state index < -0.39 is 68.0 Å². The van der Waals surface area contributed by atoms with Crippen molar-refractivity contribution >= 4 is 0 Å². The average Bonchev–Trinajstić information content (AvgIpc) is 2.54. The summed E-state index contributed by atoms with van der Waals surface area (Å²) < 4.78 is 21.0. The molecule has 23 heavy (non-hydrogen) atoms. The number of rotatable bonds is 4. The second-order valence-corrected chi connectivity index (χ2v) is 5.72. The minimum atomic E-state index is -1.57. The summed E-state index contributed by atoms with van der Waals surface area (Å²) in [6.45, 7) is 0.948. The van der Waals surface area contributed by atoms with Crippen molar-refractivity contribution in [3.63, 3.8) is 0 Å². The van der Waals surface area contributed by atoms with Crippen LogP contribution in [0.1, 0.15) is 6.92 Å². The summed E-state index contributed by atoms with van der Waals surface area (Å²) in [5, 5.41) is 58.5. The van der Waals surface area contributed by atoms with E-state index in [0.717, 1.165) is 0 Å². The Labute approximate surface area is 132 Å². The van der Waals surface area contributed by atoms with E-state index in [1.807, 2.05) is 0 Å². The quantitative estimate of drug-likeness (QED) is 0.300. The highest BCUT2D eigenvalue weighted by atomic mass is 16.8. The highest BCUT2D eigenvalue weighted by molar-refractivity contribution is 4.92. The number of ether oxygens (including phenoxy) is 4. The molecule has 0 saturated carbocycles. The van der Waals surface area contributed by atoms with Crippen molar-refractivity contribution in [2.75, 3.05) is 13.7 Å². The molecule has 0 aromatic heterocycles. The minimum absolute atomic E-state index is 0.532. The van der Waals surface area contributed by atoms with Crippen molar-refractivity contribution in [3.8, 4) is 0 Å². The first-order valence-electron chi connectivity index (χ1n) is 7.32. The minimum Gasteiger partial charge on any atom is -0.394 e. The van der Waals surface area contributed by atoms with E-state index in [-0.39, 0.29) is 0 Å². The van der Waals surface area contributed by atoms with Gasteiger partial charge in [0.25, 0.3) is 0 Å². The zero-order chi connectivity index (χ0) is 17.3. The maximum Gasteiger partial charge on any atom is 0.187 e. The van der Waals surface area contributed by atoms with Crippen molar-refractivity contribution in [2.45, 2.75) is 68.3 Å². The fourth-order valence-corrected chi connectivity index (χ4v) is 2.67. The number of methoxy groups -OCH3 is 1. The summed E-state index contributed by atoms with van der Waals surface area (Å²) in [4.78, 5) is 0. The Morgan fingerprint density at radius 1 is 0.826 bits per heavy atom. The van der Waals surface area contributed by atoms with Crippen LogP contribution in [0, 0.1) is 0 Å². The Morgan fingerprint density at radius 3 is 2.04 bits per heavy atom. The smallest absolute Gasteiger partial charge is 0.187 e. The lowest BCUT2D eigenvalue weighted by Gasteiger charge is -2.45. The van der Waals surface area contributed by atoms with Crippen molar-refractivity contribution < 1.29 is 49.6 Å². The van der Waals surface area contributed by atoms with Crippen LogP contribution < -0.4 is 0 Å². The predicted octanol–water partition coefficient (Wildman–Crippen LogP) is -3.72. The van der Waals surface area contributed by atoms with Crippen molar-refractivity contribution in [1.82, 2.24) is 0 Å². The SMILES string of the molecule is CO[C@H]1O[C@H](CO)[C@H](O)[C@H](O)[C@H]1O[C@@H]1O[C@@H](C)[C@H](O)[C@@H](O)[C@H]1O. The van der Waals surface area contributed by atoms with Gasteiger partial charge in [-0.25, -0.2) is 0 Å². The number of aliphatic hydroxyl groups is 6. The molecule has 0 amide bonds. The van der Waals surface area contributed by atoms with E-state index in [9.17, 15) is 25.5 Å². The highest BCUT2D eigenvalue weighted by Crippen LogP contribution is 2.29. The Bertz CT molecular complexity index is 380. The van der Waals surface area contributed by atoms with Gasteiger partial charge < -0.3 is 49.6 Å². The Morgan fingerprint density at radius 2 is 1.48 bits per heavy atom. The predicted molar refractivity (Wildman–Crippen MR) is 72.0 cm³/mol. The van der Waals surface area contributed by atoms with Gasteiger partial charge in [-0.2, -0.15) is 0 Å². The van der Waals surface area contributed by atoms with Gasteiger partial charge in [0, 0.05) is 7.11 Å². The number of hydrogen-bond donors (Lipinski definition) is 6. The van der Waals surface area contributed by atoms with Gasteiger partial charge in [0.1, 0.15) is 42.7 Å². The molecule has 0 aromatic rings. The molecular weight excluding hydrogens is 316 g/mol. The molecule has 0 aliphatic carbocycles. The van der Waals surface area contributed by atoms with Gasteiger partial charge in [0.2, 0.25) is 0 Å². The van der Waals surface area contributed by atoms with Crippen molar-refractivity contribution in [3.05, 3.63) is 0 Å². The van der Waals surface area contributed by atoms with E-state index in [0.29, 0.717) is 0 Å². The molecule has 0 aromatic carbocycles. The highest BCUT2D eigenvalue weighted by Gasteiger charge is 2.49. The molecule has 10 atom stereocenters. The number of hydrogen-bond acceptors (Lipinski definition) is 10. The van der Waals surface area contributed by atoms with Gasteiger partial charge in [0.15, 0.2) is 12.6 Å². The van der Waals surface area contributed by atoms with Crippen molar-refractivity contribution in [2.24, 2.45) is 0 Å². The monoisotopic (exact) mass is 340 g/mol. The van der Waals surface area contributed by atoms with E-state index in [1.54, 1.807) is 0 Å². The van der Waals surface area contributed by atoms with Crippen LogP contribution in [0.2, 0.25) is 0 Å². The molecule has 0 unspecified atom stereocenters. The molecule has 2 rings (SSSR count). The molecule has 2 aliphatic heterocycles. The summed E-state index contributed by atoms with van der Waals surface area (Å²) in [6, 6.07) is 0. The average molecular weight is 340 g/mol. The first-order chi connectivity index (χ1) is 10.8. The summed E-state index contributed by atoms with van der Waals surface area (Å²) in [7, 11) is 1.28. The molecule has 2 aliphatic rings. The van der Waals surface area contributed by atoms with Crippen LogP contribution in [0.25, 0.3) is 0 Å². The summed E-state index contributed by atoms with van der Waals surface area (Å²) in [5.74, 6) is 0. The molecular formula is C13H24O10. The molecule has 2 heterocycles. The van der Waals surface area contributed by atoms with Crippen LogP contribution >= 0.6 is 0 Å². The van der Waals surface area contributed by atoms with Gasteiger partial charge in [-0.05, 0) is 6.92 Å². The lowest BCUT2D eigenvalue weighted by atomic mass is 9.97. The summed E-state index contributed by atoms with van der Waals surface area (Å²) in [5.41, 5.74) is 0. The third-order valence-corrected chi connectivity index (χ3v) is 4.16. The first-order valence-corrected chi connectivity index (χ1v) is 7.32. The van der Waals surface area contributed by atoms with E-state index in [1.165, 1.54) is 14.0 Å². The molecule has 0 radical (unpaired) electrons. The molecule has 136 valence electrons. The Balaban J connectivity index is 2.10. The van der Waals surface area contributed by atoms with Gasteiger partial charge in [-0.1, -0.05) is 0 Å². The fraction of sp³-hybridized carbons (Fsp3) is 1.00. The fourth-order valence-electron chi connectivity index (χ4n) is 2.67. The molecule has 0 bridgehead atoms. The van der Waals surface area contributed by atoms with Crippen LogP contribution in [-0.2, 0) is 18.9 Å². The molecule has 6 N–H and O–H groups in total. The molecule has 10 nitrogen and oxygen atoms in total.